The lowest BCUT2D eigenvalue weighted by Gasteiger charge is -2.29. The summed E-state index contributed by atoms with van der Waals surface area (Å²) in [6.45, 7) is 2.11. The number of anilines is 2. The summed E-state index contributed by atoms with van der Waals surface area (Å²) in [6, 6.07) is 10.8. The maximum atomic E-state index is 11.5. The van der Waals surface area contributed by atoms with Gasteiger partial charge in [0.2, 0.25) is 5.95 Å². The van der Waals surface area contributed by atoms with Crippen LogP contribution in [0.4, 0.5) is 11.6 Å². The molecular formula is C20H23N5O3. The molecule has 1 aliphatic rings. The topological polar surface area (TPSA) is 81.0 Å². The van der Waals surface area contributed by atoms with Gasteiger partial charge in [0.1, 0.15) is 11.9 Å². The zero-order chi connectivity index (χ0) is 19.5. The molecule has 8 nitrogen and oxygen atoms in total. The molecule has 0 aliphatic carbocycles. The molecule has 1 N–H and O–H groups in total. The molecule has 28 heavy (non-hydrogen) atoms. The van der Waals surface area contributed by atoms with Crippen molar-refractivity contribution >= 4 is 23.3 Å². The molecule has 1 saturated heterocycles. The van der Waals surface area contributed by atoms with Crippen molar-refractivity contribution < 1.29 is 14.3 Å². The SMILES string of the molecule is COC(=O)c1ccc(Nc2nc3cc(OC4CCN(C)CC4)ccn3n2)cc1. The highest BCUT2D eigenvalue weighted by Crippen LogP contribution is 2.21. The van der Waals surface area contributed by atoms with E-state index in [9.17, 15) is 4.79 Å². The first-order valence-corrected chi connectivity index (χ1v) is 9.28. The molecule has 1 aromatic carbocycles. The van der Waals surface area contributed by atoms with Crippen molar-refractivity contribution in [2.75, 3.05) is 32.6 Å². The van der Waals surface area contributed by atoms with Gasteiger partial charge in [0.05, 0.1) is 12.7 Å². The molecular weight excluding hydrogens is 358 g/mol. The quantitative estimate of drug-likeness (QED) is 0.681. The minimum absolute atomic E-state index is 0.243. The third kappa shape index (κ3) is 4.07. The smallest absolute Gasteiger partial charge is 0.337 e. The van der Waals surface area contributed by atoms with Crippen LogP contribution in [0.5, 0.6) is 5.75 Å². The zero-order valence-corrected chi connectivity index (χ0v) is 16.0. The predicted octanol–water partition coefficient (Wildman–Crippen LogP) is 2.73. The van der Waals surface area contributed by atoms with Gasteiger partial charge in [-0.15, -0.1) is 5.10 Å². The molecule has 1 aliphatic heterocycles. The summed E-state index contributed by atoms with van der Waals surface area (Å²) in [4.78, 5) is 18.3. The van der Waals surface area contributed by atoms with Gasteiger partial charge in [-0.05, 0) is 50.2 Å². The lowest BCUT2D eigenvalue weighted by Crippen LogP contribution is -2.35. The number of piperidine rings is 1. The van der Waals surface area contributed by atoms with Gasteiger partial charge in [-0.3, -0.25) is 0 Å². The van der Waals surface area contributed by atoms with E-state index in [0.29, 0.717) is 17.2 Å². The van der Waals surface area contributed by atoms with Crippen molar-refractivity contribution in [2.45, 2.75) is 18.9 Å². The van der Waals surface area contributed by atoms with Crippen LogP contribution < -0.4 is 10.1 Å². The van der Waals surface area contributed by atoms with E-state index in [1.54, 1.807) is 28.8 Å². The molecule has 3 heterocycles. The summed E-state index contributed by atoms with van der Waals surface area (Å²) in [5.41, 5.74) is 1.98. The van der Waals surface area contributed by atoms with E-state index >= 15 is 0 Å². The standard InChI is InChI=1S/C20H23N5O3/c1-24-10-7-16(8-11-24)28-17-9-12-25-18(13-17)22-20(23-25)21-15-5-3-14(4-6-15)19(26)27-2/h3-6,9,12-13,16H,7-8,10-11H2,1-2H3,(H,21,23). The van der Waals surface area contributed by atoms with E-state index in [-0.39, 0.29) is 12.1 Å². The van der Waals surface area contributed by atoms with Gasteiger partial charge in [0.25, 0.3) is 0 Å². The fourth-order valence-corrected chi connectivity index (χ4v) is 3.22. The van der Waals surface area contributed by atoms with Gasteiger partial charge in [-0.1, -0.05) is 0 Å². The minimum atomic E-state index is -0.366. The zero-order valence-electron chi connectivity index (χ0n) is 16.0. The van der Waals surface area contributed by atoms with Crippen LogP contribution in [0.1, 0.15) is 23.2 Å². The van der Waals surface area contributed by atoms with Crippen molar-refractivity contribution in [3.05, 3.63) is 48.2 Å². The number of pyridine rings is 1. The summed E-state index contributed by atoms with van der Waals surface area (Å²) < 4.78 is 12.5. The van der Waals surface area contributed by atoms with Crippen molar-refractivity contribution in [1.82, 2.24) is 19.5 Å². The summed E-state index contributed by atoms with van der Waals surface area (Å²) in [7, 11) is 3.50. The molecule has 2 aromatic heterocycles. The fraction of sp³-hybridized carbons (Fsp3) is 0.350. The fourth-order valence-electron chi connectivity index (χ4n) is 3.22. The largest absolute Gasteiger partial charge is 0.490 e. The van der Waals surface area contributed by atoms with Crippen LogP contribution in [-0.4, -0.2) is 58.8 Å². The number of rotatable bonds is 5. The van der Waals surface area contributed by atoms with Gasteiger partial charge in [0, 0.05) is 31.0 Å². The van der Waals surface area contributed by atoms with E-state index in [1.165, 1.54) is 7.11 Å². The highest BCUT2D eigenvalue weighted by molar-refractivity contribution is 5.89. The predicted molar refractivity (Wildman–Crippen MR) is 105 cm³/mol. The first-order valence-electron chi connectivity index (χ1n) is 9.28. The van der Waals surface area contributed by atoms with Crippen molar-refractivity contribution in [1.29, 1.82) is 0 Å². The molecule has 0 atom stereocenters. The number of esters is 1. The molecule has 0 amide bonds. The Kier molecular flexibility index (Phi) is 5.12. The normalized spacial score (nSPS) is 15.5. The number of likely N-dealkylation sites (tertiary alicyclic amines) is 1. The molecule has 0 bridgehead atoms. The summed E-state index contributed by atoms with van der Waals surface area (Å²) >= 11 is 0. The Bertz CT molecular complexity index is 962. The number of ether oxygens (including phenoxy) is 2. The van der Waals surface area contributed by atoms with Gasteiger partial charge in [-0.2, -0.15) is 4.98 Å². The Morgan fingerprint density at radius 3 is 2.64 bits per heavy atom. The number of benzene rings is 1. The molecule has 146 valence electrons. The van der Waals surface area contributed by atoms with E-state index in [1.807, 2.05) is 18.3 Å². The van der Waals surface area contributed by atoms with Crippen molar-refractivity contribution in [3.63, 3.8) is 0 Å². The molecule has 0 spiro atoms. The number of hydrogen-bond donors (Lipinski definition) is 1. The van der Waals surface area contributed by atoms with Crippen molar-refractivity contribution in [2.24, 2.45) is 0 Å². The Hall–Kier alpha value is -3.13. The number of hydrogen-bond acceptors (Lipinski definition) is 7. The minimum Gasteiger partial charge on any atom is -0.490 e. The first kappa shape index (κ1) is 18.2. The Morgan fingerprint density at radius 2 is 1.93 bits per heavy atom. The van der Waals surface area contributed by atoms with Gasteiger partial charge >= 0.3 is 5.97 Å². The summed E-state index contributed by atoms with van der Waals surface area (Å²) in [6.07, 6.45) is 4.15. The third-order valence-electron chi connectivity index (χ3n) is 4.84. The number of carbonyl (C=O) groups is 1. The monoisotopic (exact) mass is 381 g/mol. The summed E-state index contributed by atoms with van der Waals surface area (Å²) in [5.74, 6) is 0.917. The van der Waals surface area contributed by atoms with Crippen LogP contribution in [-0.2, 0) is 4.74 Å². The van der Waals surface area contributed by atoms with Crippen LogP contribution in [0.25, 0.3) is 5.65 Å². The Morgan fingerprint density at radius 1 is 1.18 bits per heavy atom. The van der Waals surface area contributed by atoms with E-state index in [0.717, 1.165) is 37.4 Å². The van der Waals surface area contributed by atoms with E-state index in [4.69, 9.17) is 9.47 Å². The van der Waals surface area contributed by atoms with Crippen molar-refractivity contribution in [3.8, 4) is 5.75 Å². The second kappa shape index (κ2) is 7.85. The van der Waals surface area contributed by atoms with Crippen LogP contribution in [0, 0.1) is 0 Å². The Balaban J connectivity index is 1.45. The second-order valence-corrected chi connectivity index (χ2v) is 6.92. The molecule has 1 fully saturated rings. The lowest BCUT2D eigenvalue weighted by molar-refractivity contribution is 0.0600. The number of nitrogens with one attached hydrogen (secondary N) is 1. The molecule has 0 unspecified atom stereocenters. The molecule has 0 radical (unpaired) electrons. The average Bonchev–Trinajstić information content (AvgIpc) is 3.11. The average molecular weight is 381 g/mol. The maximum Gasteiger partial charge on any atom is 0.337 e. The summed E-state index contributed by atoms with van der Waals surface area (Å²) in [5, 5.41) is 7.56. The van der Waals surface area contributed by atoms with E-state index < -0.39 is 0 Å². The number of fused-ring (bicyclic) bond motifs is 1. The third-order valence-corrected chi connectivity index (χ3v) is 4.84. The number of carbonyl (C=O) groups excluding carboxylic acids is 1. The second-order valence-electron chi connectivity index (χ2n) is 6.92. The van der Waals surface area contributed by atoms with Gasteiger partial charge in [-0.25, -0.2) is 9.31 Å². The van der Waals surface area contributed by atoms with Gasteiger partial charge in [0.15, 0.2) is 5.65 Å². The molecule has 8 heteroatoms. The lowest BCUT2D eigenvalue weighted by atomic mass is 10.1. The Labute approximate surface area is 163 Å². The number of aromatic nitrogens is 3. The highest BCUT2D eigenvalue weighted by atomic mass is 16.5. The number of nitrogens with zero attached hydrogens (tertiary/aromatic N) is 4. The highest BCUT2D eigenvalue weighted by Gasteiger charge is 2.18. The molecule has 4 rings (SSSR count). The maximum absolute atomic E-state index is 11.5. The van der Waals surface area contributed by atoms with Crippen LogP contribution >= 0.6 is 0 Å². The van der Waals surface area contributed by atoms with Crippen LogP contribution in [0.15, 0.2) is 42.6 Å². The number of methoxy groups -OCH3 is 1. The van der Waals surface area contributed by atoms with Gasteiger partial charge < -0.3 is 19.7 Å². The van der Waals surface area contributed by atoms with Crippen LogP contribution in [0.2, 0.25) is 0 Å². The molecule has 0 saturated carbocycles. The first-order chi connectivity index (χ1) is 13.6. The van der Waals surface area contributed by atoms with Crippen LogP contribution in [0.3, 0.4) is 0 Å². The van der Waals surface area contributed by atoms with E-state index in [2.05, 4.69) is 27.3 Å². The molecule has 3 aromatic rings.